The van der Waals surface area contributed by atoms with Crippen molar-refractivity contribution < 1.29 is 4.55 Å². The SMILES string of the molecule is CC(N=c1[nH][s+]([O-])[nH]c1=NCCCN(Cc1cccs1)c1ccccn1)c1ccncc1. The predicted octanol–water partition coefficient (Wildman–Crippen LogP) is 3.58. The van der Waals surface area contributed by atoms with Crippen LogP contribution in [0.15, 0.2) is 76.4 Å². The zero-order valence-corrected chi connectivity index (χ0v) is 19.4. The largest absolute Gasteiger partial charge is 0.549 e. The Morgan fingerprint density at radius 2 is 1.94 bits per heavy atom. The van der Waals surface area contributed by atoms with Gasteiger partial charge in [-0.15, -0.1) is 11.3 Å². The van der Waals surface area contributed by atoms with Crippen molar-refractivity contribution >= 4 is 28.3 Å². The Morgan fingerprint density at radius 1 is 1.09 bits per heavy atom. The minimum Gasteiger partial charge on any atom is -0.549 e. The summed E-state index contributed by atoms with van der Waals surface area (Å²) in [5, 5.41) is 2.09. The number of hydrogen-bond donors (Lipinski definition) is 2. The summed E-state index contributed by atoms with van der Waals surface area (Å²) in [4.78, 5) is 21.4. The highest BCUT2D eigenvalue weighted by Crippen LogP contribution is 2.17. The summed E-state index contributed by atoms with van der Waals surface area (Å²) in [5.74, 6) is 0.948. The molecule has 0 aliphatic heterocycles. The van der Waals surface area contributed by atoms with Crippen LogP contribution in [0.25, 0.3) is 0 Å². The number of anilines is 1. The van der Waals surface area contributed by atoms with E-state index in [0.29, 0.717) is 17.5 Å². The van der Waals surface area contributed by atoms with Gasteiger partial charge in [-0.05, 0) is 54.6 Å². The molecule has 4 rings (SSSR count). The molecule has 0 aliphatic rings. The zero-order valence-electron chi connectivity index (χ0n) is 17.7. The Balaban J connectivity index is 1.46. The van der Waals surface area contributed by atoms with E-state index >= 15 is 0 Å². The number of aromatic amines is 2. The summed E-state index contributed by atoms with van der Waals surface area (Å²) in [6, 6.07) is 13.9. The molecule has 0 aliphatic carbocycles. The van der Waals surface area contributed by atoms with Crippen LogP contribution in [0, 0.1) is 0 Å². The first-order chi connectivity index (χ1) is 15.7. The Kier molecular flexibility index (Phi) is 7.59. The molecule has 0 radical (unpaired) electrons. The van der Waals surface area contributed by atoms with Gasteiger partial charge in [-0.25, -0.2) is 4.98 Å². The van der Waals surface area contributed by atoms with Crippen LogP contribution in [-0.4, -0.2) is 36.4 Å². The Hall–Kier alpha value is -3.08. The fourth-order valence-electron chi connectivity index (χ4n) is 3.26. The molecule has 2 unspecified atom stereocenters. The Labute approximate surface area is 193 Å². The van der Waals surface area contributed by atoms with Gasteiger partial charge in [0.1, 0.15) is 17.0 Å². The normalized spacial score (nSPS) is 14.0. The van der Waals surface area contributed by atoms with Crippen LogP contribution in [0.3, 0.4) is 0 Å². The second-order valence-corrected chi connectivity index (χ2v) is 9.16. The highest BCUT2D eigenvalue weighted by molar-refractivity contribution is 7.13. The standard InChI is InChI=1S/C22H25N7OS2/c1-17(18-8-12-23-13-9-18)26-22-21(27-32(30)28-22)25-11-5-14-29(16-19-6-4-15-31-19)20-7-2-3-10-24-20/h2-4,6-10,12-13,15,17H,5,11,14,16H2,1H3,(H,25,27)(H,26,28). The molecule has 4 aromatic rings. The van der Waals surface area contributed by atoms with Crippen molar-refractivity contribution in [3.8, 4) is 0 Å². The van der Waals surface area contributed by atoms with Crippen molar-refractivity contribution in [1.29, 1.82) is 0 Å². The summed E-state index contributed by atoms with van der Waals surface area (Å²) < 4.78 is 17.7. The second kappa shape index (κ2) is 11.0. The maximum Gasteiger partial charge on any atom is 0.219 e. The van der Waals surface area contributed by atoms with Crippen LogP contribution in [0.2, 0.25) is 0 Å². The van der Waals surface area contributed by atoms with Crippen molar-refractivity contribution in [3.05, 3.63) is 87.9 Å². The van der Waals surface area contributed by atoms with E-state index in [1.54, 1.807) is 23.7 Å². The third-order valence-corrected chi connectivity index (χ3v) is 6.49. The molecule has 4 aromatic heterocycles. The van der Waals surface area contributed by atoms with Crippen molar-refractivity contribution in [2.24, 2.45) is 9.98 Å². The first kappa shape index (κ1) is 22.1. The fourth-order valence-corrected chi connectivity index (χ4v) is 4.69. The molecule has 0 saturated heterocycles. The Morgan fingerprint density at radius 3 is 2.69 bits per heavy atom. The van der Waals surface area contributed by atoms with Crippen molar-refractivity contribution in [2.75, 3.05) is 18.0 Å². The molecule has 166 valence electrons. The smallest absolute Gasteiger partial charge is 0.219 e. The lowest BCUT2D eigenvalue weighted by molar-refractivity contribution is 0.583. The average molecular weight is 468 g/mol. The molecule has 0 bridgehead atoms. The van der Waals surface area contributed by atoms with Crippen LogP contribution in [0.5, 0.6) is 0 Å². The number of thiophene rings is 1. The quantitative estimate of drug-likeness (QED) is 0.290. The van der Waals surface area contributed by atoms with E-state index < -0.39 is 11.1 Å². The van der Waals surface area contributed by atoms with E-state index in [-0.39, 0.29) is 6.04 Å². The van der Waals surface area contributed by atoms with Crippen LogP contribution in [-0.2, 0) is 6.54 Å². The van der Waals surface area contributed by atoms with Crippen LogP contribution >= 0.6 is 22.5 Å². The van der Waals surface area contributed by atoms with E-state index in [1.165, 1.54) is 4.88 Å². The zero-order chi connectivity index (χ0) is 22.2. The number of aromatic nitrogens is 4. The third-order valence-electron chi connectivity index (χ3n) is 4.87. The van der Waals surface area contributed by atoms with Crippen molar-refractivity contribution in [1.82, 2.24) is 18.7 Å². The molecule has 2 atom stereocenters. The molecule has 32 heavy (non-hydrogen) atoms. The van der Waals surface area contributed by atoms with Gasteiger partial charge in [-0.3, -0.25) is 15.0 Å². The molecule has 0 saturated carbocycles. The number of nitrogens with zero attached hydrogens (tertiary/aromatic N) is 5. The summed E-state index contributed by atoms with van der Waals surface area (Å²) >= 11 is 0.327. The number of pyridine rings is 2. The maximum atomic E-state index is 12.0. The van der Waals surface area contributed by atoms with E-state index in [0.717, 1.165) is 30.9 Å². The first-order valence-electron chi connectivity index (χ1n) is 10.3. The molecule has 0 fully saturated rings. The van der Waals surface area contributed by atoms with Crippen molar-refractivity contribution in [2.45, 2.75) is 25.9 Å². The van der Waals surface area contributed by atoms with Crippen LogP contribution in [0.1, 0.15) is 29.8 Å². The molecule has 2 N–H and O–H groups in total. The number of rotatable bonds is 9. The molecular formula is C22H25N7OS2. The average Bonchev–Trinajstić information content (AvgIpc) is 3.46. The highest BCUT2D eigenvalue weighted by Gasteiger charge is 2.09. The van der Waals surface area contributed by atoms with Gasteiger partial charge in [-0.1, -0.05) is 12.1 Å². The Bertz CT molecular complexity index is 1210. The predicted molar refractivity (Wildman–Crippen MR) is 127 cm³/mol. The van der Waals surface area contributed by atoms with Crippen LogP contribution < -0.4 is 15.9 Å². The molecule has 0 aromatic carbocycles. The molecule has 10 heteroatoms. The number of H-pyrrole nitrogens is 2. The molecular weight excluding hydrogens is 442 g/mol. The van der Waals surface area contributed by atoms with Gasteiger partial charge in [0.05, 0.1) is 12.6 Å². The highest BCUT2D eigenvalue weighted by atomic mass is 32.2. The molecule has 0 spiro atoms. The lowest BCUT2D eigenvalue weighted by Crippen LogP contribution is -2.28. The van der Waals surface area contributed by atoms with Gasteiger partial charge in [0.2, 0.25) is 11.0 Å². The minimum absolute atomic E-state index is 0.104. The number of hydrogen-bond acceptors (Lipinski definition) is 7. The molecule has 4 heterocycles. The van der Waals surface area contributed by atoms with E-state index in [2.05, 4.69) is 51.1 Å². The maximum absolute atomic E-state index is 12.0. The van der Waals surface area contributed by atoms with Gasteiger partial charge in [-0.2, -0.15) is 8.75 Å². The van der Waals surface area contributed by atoms with Gasteiger partial charge in [0.15, 0.2) is 0 Å². The van der Waals surface area contributed by atoms with E-state index in [1.807, 2.05) is 43.5 Å². The molecule has 0 amide bonds. The summed E-state index contributed by atoms with van der Waals surface area (Å²) in [6.45, 7) is 4.18. The van der Waals surface area contributed by atoms with Gasteiger partial charge in [0.25, 0.3) is 0 Å². The van der Waals surface area contributed by atoms with Gasteiger partial charge >= 0.3 is 0 Å². The summed E-state index contributed by atoms with van der Waals surface area (Å²) in [6.07, 6.45) is 6.12. The van der Waals surface area contributed by atoms with E-state index in [4.69, 9.17) is 0 Å². The topological polar surface area (TPSA) is 108 Å². The lowest BCUT2D eigenvalue weighted by Gasteiger charge is -2.22. The van der Waals surface area contributed by atoms with Gasteiger partial charge in [0, 0.05) is 36.6 Å². The minimum atomic E-state index is -1.41. The summed E-state index contributed by atoms with van der Waals surface area (Å²) in [5.41, 5.74) is 2.09. The fraction of sp³-hybridized carbons (Fsp3) is 0.273. The monoisotopic (exact) mass is 467 g/mol. The molecule has 8 nitrogen and oxygen atoms in total. The third kappa shape index (κ3) is 6.00. The van der Waals surface area contributed by atoms with Crippen LogP contribution in [0.4, 0.5) is 5.82 Å². The van der Waals surface area contributed by atoms with E-state index in [9.17, 15) is 4.55 Å². The second-order valence-electron chi connectivity index (χ2n) is 7.18. The summed E-state index contributed by atoms with van der Waals surface area (Å²) in [7, 11) is 0. The van der Waals surface area contributed by atoms with Gasteiger partial charge < -0.3 is 9.45 Å². The lowest BCUT2D eigenvalue weighted by atomic mass is 10.1. The number of nitrogens with one attached hydrogen (secondary N) is 2. The van der Waals surface area contributed by atoms with Crippen molar-refractivity contribution in [3.63, 3.8) is 0 Å². The first-order valence-corrected chi connectivity index (χ1v) is 12.4.